The van der Waals surface area contributed by atoms with E-state index in [0.717, 1.165) is 10.0 Å². The number of hydrogen-bond donors (Lipinski definition) is 0. The van der Waals surface area contributed by atoms with Crippen molar-refractivity contribution in [1.29, 1.82) is 0 Å². The van der Waals surface area contributed by atoms with E-state index in [9.17, 15) is 0 Å². The van der Waals surface area contributed by atoms with E-state index in [1.165, 1.54) is 0 Å². The van der Waals surface area contributed by atoms with Gasteiger partial charge in [-0.1, -0.05) is 28.1 Å². The second kappa shape index (κ2) is 5.89. The Morgan fingerprint density at radius 1 is 1.12 bits per heavy atom. The largest absolute Gasteiger partial charge is 0.348 e. The molecule has 0 radical (unpaired) electrons. The summed E-state index contributed by atoms with van der Waals surface area (Å²) >= 11 is 15.2. The van der Waals surface area contributed by atoms with Crippen LogP contribution in [0.3, 0.4) is 0 Å². The van der Waals surface area contributed by atoms with Crippen molar-refractivity contribution in [2.24, 2.45) is 5.41 Å². The lowest BCUT2D eigenvalue weighted by molar-refractivity contribution is -0.224. The first-order valence-corrected chi connectivity index (χ1v) is 7.16. The van der Waals surface area contributed by atoms with Gasteiger partial charge in [0.05, 0.1) is 13.2 Å². The summed E-state index contributed by atoms with van der Waals surface area (Å²) in [5, 5.41) is 0. The third-order valence-corrected chi connectivity index (χ3v) is 4.45. The maximum atomic E-state index is 5.90. The van der Waals surface area contributed by atoms with Gasteiger partial charge in [-0.25, -0.2) is 0 Å². The first-order chi connectivity index (χ1) is 8.19. The smallest absolute Gasteiger partial charge is 0.183 e. The van der Waals surface area contributed by atoms with Gasteiger partial charge in [-0.2, -0.15) is 0 Å². The molecular weight excluding hydrogens is 327 g/mol. The molecule has 0 bridgehead atoms. The number of ether oxygens (including phenoxy) is 2. The Kier molecular flexibility index (Phi) is 4.72. The molecule has 1 heterocycles. The lowest BCUT2D eigenvalue weighted by atomic mass is 9.94. The molecule has 0 aromatic heterocycles. The summed E-state index contributed by atoms with van der Waals surface area (Å²) < 4.78 is 12.4. The average Bonchev–Trinajstić information content (AvgIpc) is 2.40. The van der Waals surface area contributed by atoms with Gasteiger partial charge in [0, 0.05) is 27.2 Å². The minimum absolute atomic E-state index is 0.255. The number of rotatable bonds is 3. The molecule has 1 aromatic rings. The van der Waals surface area contributed by atoms with Crippen molar-refractivity contribution < 1.29 is 9.47 Å². The van der Waals surface area contributed by atoms with Crippen molar-refractivity contribution in [3.05, 3.63) is 34.3 Å². The number of alkyl halides is 2. The molecule has 94 valence electrons. The van der Waals surface area contributed by atoms with E-state index < -0.39 is 0 Å². The third kappa shape index (κ3) is 3.15. The van der Waals surface area contributed by atoms with Crippen LogP contribution in [0.1, 0.15) is 11.9 Å². The molecule has 17 heavy (non-hydrogen) atoms. The predicted molar refractivity (Wildman–Crippen MR) is 72.7 cm³/mol. The second-order valence-electron chi connectivity index (χ2n) is 4.27. The molecule has 0 unspecified atom stereocenters. The highest BCUT2D eigenvalue weighted by molar-refractivity contribution is 9.10. The zero-order chi connectivity index (χ0) is 12.3. The topological polar surface area (TPSA) is 18.5 Å². The molecule has 0 spiro atoms. The van der Waals surface area contributed by atoms with Gasteiger partial charge >= 0.3 is 0 Å². The van der Waals surface area contributed by atoms with Gasteiger partial charge in [0.1, 0.15) is 0 Å². The van der Waals surface area contributed by atoms with Crippen LogP contribution in [0.25, 0.3) is 0 Å². The van der Waals surface area contributed by atoms with Gasteiger partial charge in [-0.05, 0) is 12.1 Å². The Bertz CT molecular complexity index is 355. The zero-order valence-electron chi connectivity index (χ0n) is 9.17. The molecule has 1 saturated heterocycles. The van der Waals surface area contributed by atoms with E-state index in [1.807, 2.05) is 24.3 Å². The number of hydrogen-bond acceptors (Lipinski definition) is 2. The van der Waals surface area contributed by atoms with Crippen molar-refractivity contribution in [2.45, 2.75) is 6.29 Å². The van der Waals surface area contributed by atoms with Crippen molar-refractivity contribution in [3.8, 4) is 0 Å². The van der Waals surface area contributed by atoms with Crippen LogP contribution in [0.2, 0.25) is 0 Å². The molecule has 2 nitrogen and oxygen atoms in total. The van der Waals surface area contributed by atoms with Gasteiger partial charge in [0.2, 0.25) is 0 Å². The van der Waals surface area contributed by atoms with Gasteiger partial charge in [0.15, 0.2) is 6.29 Å². The summed E-state index contributed by atoms with van der Waals surface area (Å²) in [6, 6.07) is 7.88. The number of benzene rings is 1. The van der Waals surface area contributed by atoms with Crippen LogP contribution in [0, 0.1) is 5.41 Å². The van der Waals surface area contributed by atoms with E-state index in [2.05, 4.69) is 15.9 Å². The van der Waals surface area contributed by atoms with Gasteiger partial charge in [0.25, 0.3) is 0 Å². The molecule has 1 fully saturated rings. The Hall–Kier alpha value is 0.200. The van der Waals surface area contributed by atoms with E-state index in [-0.39, 0.29) is 11.7 Å². The molecule has 1 aliphatic heterocycles. The first kappa shape index (κ1) is 13.6. The quantitative estimate of drug-likeness (QED) is 0.776. The van der Waals surface area contributed by atoms with Gasteiger partial charge in [-0.3, -0.25) is 0 Å². The Morgan fingerprint density at radius 3 is 2.12 bits per heavy atom. The Labute approximate surface area is 119 Å². The highest BCUT2D eigenvalue weighted by Crippen LogP contribution is 2.33. The molecule has 0 aliphatic carbocycles. The van der Waals surface area contributed by atoms with Crippen molar-refractivity contribution in [3.63, 3.8) is 0 Å². The lowest BCUT2D eigenvalue weighted by Gasteiger charge is -2.37. The molecule has 0 saturated carbocycles. The predicted octanol–water partition coefficient (Wildman–Crippen LogP) is 3.96. The average molecular weight is 340 g/mol. The molecule has 1 aromatic carbocycles. The fourth-order valence-corrected chi connectivity index (χ4v) is 2.46. The summed E-state index contributed by atoms with van der Waals surface area (Å²) in [4.78, 5) is 0. The monoisotopic (exact) mass is 338 g/mol. The van der Waals surface area contributed by atoms with Crippen LogP contribution in [0.4, 0.5) is 0 Å². The van der Waals surface area contributed by atoms with Crippen LogP contribution in [0.5, 0.6) is 0 Å². The Morgan fingerprint density at radius 2 is 1.65 bits per heavy atom. The fraction of sp³-hybridized carbons (Fsp3) is 0.500. The molecule has 0 N–H and O–H groups in total. The van der Waals surface area contributed by atoms with E-state index >= 15 is 0 Å². The minimum atomic E-state index is -0.317. The van der Waals surface area contributed by atoms with E-state index in [1.54, 1.807) is 0 Å². The second-order valence-corrected chi connectivity index (χ2v) is 5.72. The zero-order valence-corrected chi connectivity index (χ0v) is 12.3. The van der Waals surface area contributed by atoms with Gasteiger partial charge < -0.3 is 9.47 Å². The summed E-state index contributed by atoms with van der Waals surface area (Å²) in [5.74, 6) is 0.896. The van der Waals surface area contributed by atoms with Crippen LogP contribution in [-0.2, 0) is 9.47 Å². The van der Waals surface area contributed by atoms with E-state index in [0.29, 0.717) is 25.0 Å². The fourth-order valence-electron chi connectivity index (χ4n) is 1.60. The summed E-state index contributed by atoms with van der Waals surface area (Å²) in [7, 11) is 0. The van der Waals surface area contributed by atoms with Crippen molar-refractivity contribution in [1.82, 2.24) is 0 Å². The first-order valence-electron chi connectivity index (χ1n) is 5.30. The van der Waals surface area contributed by atoms with Crippen LogP contribution in [0.15, 0.2) is 28.7 Å². The molecule has 0 atom stereocenters. The lowest BCUT2D eigenvalue weighted by Crippen LogP contribution is -2.41. The molecule has 5 heteroatoms. The molecular formula is C12H13BrCl2O2. The molecule has 0 amide bonds. The SMILES string of the molecule is ClCC1(CCl)COC(c2ccc(Br)cc2)OC1. The standard InChI is InChI=1S/C12H13BrCl2O2/c13-10-3-1-9(2-4-10)11-16-7-12(5-14,6-15)8-17-11/h1-4,11H,5-8H2. The molecule has 1 aliphatic rings. The number of halogens is 3. The summed E-state index contributed by atoms with van der Waals surface area (Å²) in [5.41, 5.74) is 0.751. The van der Waals surface area contributed by atoms with E-state index in [4.69, 9.17) is 32.7 Å². The van der Waals surface area contributed by atoms with Crippen LogP contribution in [-0.4, -0.2) is 25.0 Å². The van der Waals surface area contributed by atoms with Gasteiger partial charge in [-0.15, -0.1) is 23.2 Å². The van der Waals surface area contributed by atoms with Crippen molar-refractivity contribution in [2.75, 3.05) is 25.0 Å². The highest BCUT2D eigenvalue weighted by Gasteiger charge is 2.36. The third-order valence-electron chi connectivity index (χ3n) is 2.79. The summed E-state index contributed by atoms with van der Waals surface area (Å²) in [6.07, 6.45) is -0.317. The highest BCUT2D eigenvalue weighted by atomic mass is 79.9. The normalized spacial score (nSPS) is 20.4. The minimum Gasteiger partial charge on any atom is -0.348 e. The maximum Gasteiger partial charge on any atom is 0.183 e. The summed E-state index contributed by atoms with van der Waals surface area (Å²) in [6.45, 7) is 1.06. The maximum absolute atomic E-state index is 5.90. The van der Waals surface area contributed by atoms with Crippen LogP contribution < -0.4 is 0 Å². The molecule has 2 rings (SSSR count). The Balaban J connectivity index is 2.01. The van der Waals surface area contributed by atoms with Crippen molar-refractivity contribution >= 4 is 39.1 Å². The van der Waals surface area contributed by atoms with Crippen LogP contribution >= 0.6 is 39.1 Å².